The van der Waals surface area contributed by atoms with Crippen molar-refractivity contribution in [2.24, 2.45) is 0 Å². The van der Waals surface area contributed by atoms with Gasteiger partial charge in [0.25, 0.3) is 0 Å². The Balaban J connectivity index is 2.14. The first kappa shape index (κ1) is 10.2. The second-order valence-corrected chi connectivity index (χ2v) is 3.33. The van der Waals surface area contributed by atoms with E-state index in [1.54, 1.807) is 0 Å². The first-order chi connectivity index (χ1) is 6.24. The fourth-order valence-corrected chi connectivity index (χ4v) is 1.37. The Morgan fingerprint density at radius 2 is 2.23 bits per heavy atom. The van der Waals surface area contributed by atoms with E-state index in [1.807, 2.05) is 0 Å². The third-order valence-electron chi connectivity index (χ3n) is 2.14. The summed E-state index contributed by atoms with van der Waals surface area (Å²) in [6.45, 7) is 2.95. The highest BCUT2D eigenvalue weighted by molar-refractivity contribution is 6.05. The van der Waals surface area contributed by atoms with Gasteiger partial charge >= 0.3 is 0 Å². The summed E-state index contributed by atoms with van der Waals surface area (Å²) in [5.74, 6) is -0.348. The molecule has 1 atom stereocenters. The van der Waals surface area contributed by atoms with Crippen molar-refractivity contribution in [3.63, 3.8) is 0 Å². The molecule has 2 N–H and O–H groups in total. The number of unbranched alkanes of at least 4 members (excludes halogenated alkanes) is 2. The summed E-state index contributed by atoms with van der Waals surface area (Å²) in [6.07, 6.45) is 3.69. The normalized spacial score (nSPS) is 22.1. The van der Waals surface area contributed by atoms with Crippen molar-refractivity contribution in [3.8, 4) is 0 Å². The van der Waals surface area contributed by atoms with Gasteiger partial charge in [0.05, 0.1) is 12.5 Å². The molecule has 1 aliphatic heterocycles. The molecule has 74 valence electrons. The summed E-state index contributed by atoms with van der Waals surface area (Å²) in [5.41, 5.74) is 0. The Morgan fingerprint density at radius 1 is 1.46 bits per heavy atom. The first-order valence-corrected chi connectivity index (χ1v) is 4.81. The van der Waals surface area contributed by atoms with Crippen LogP contribution in [0.2, 0.25) is 0 Å². The zero-order valence-corrected chi connectivity index (χ0v) is 7.93. The van der Waals surface area contributed by atoms with Crippen molar-refractivity contribution in [2.75, 3.05) is 6.54 Å². The lowest BCUT2D eigenvalue weighted by Gasteiger charge is -2.07. The van der Waals surface area contributed by atoms with Gasteiger partial charge in [-0.3, -0.25) is 14.9 Å². The molecule has 13 heavy (non-hydrogen) atoms. The maximum Gasteiger partial charge on any atom is 0.244 e. The van der Waals surface area contributed by atoms with E-state index in [2.05, 4.69) is 17.6 Å². The number of imide groups is 1. The van der Waals surface area contributed by atoms with Crippen LogP contribution in [0.1, 0.15) is 32.6 Å². The Bertz CT molecular complexity index is 204. The molecule has 0 aliphatic carbocycles. The van der Waals surface area contributed by atoms with Crippen molar-refractivity contribution < 1.29 is 9.59 Å². The summed E-state index contributed by atoms with van der Waals surface area (Å²) in [6, 6.07) is -0.288. The Labute approximate surface area is 78.1 Å². The molecule has 1 heterocycles. The molecule has 0 bridgehead atoms. The van der Waals surface area contributed by atoms with Crippen molar-refractivity contribution in [1.29, 1.82) is 0 Å². The quantitative estimate of drug-likeness (QED) is 0.473. The molecule has 0 aromatic carbocycles. The van der Waals surface area contributed by atoms with Crippen LogP contribution >= 0.6 is 0 Å². The van der Waals surface area contributed by atoms with E-state index in [9.17, 15) is 9.59 Å². The number of nitrogens with one attached hydrogen (secondary N) is 2. The molecule has 2 amide bonds. The molecule has 4 heteroatoms. The zero-order valence-electron chi connectivity index (χ0n) is 7.93. The second-order valence-electron chi connectivity index (χ2n) is 3.33. The minimum absolute atomic E-state index is 0.169. The highest BCUT2D eigenvalue weighted by Gasteiger charge is 2.29. The predicted octanol–water partition coefficient (Wildman–Crippen LogP) is 0.181. The fraction of sp³-hybridized carbons (Fsp3) is 0.778. The van der Waals surface area contributed by atoms with Crippen molar-refractivity contribution >= 4 is 11.8 Å². The molecule has 0 saturated carbocycles. The smallest absolute Gasteiger partial charge is 0.244 e. The van der Waals surface area contributed by atoms with E-state index < -0.39 is 0 Å². The van der Waals surface area contributed by atoms with Crippen LogP contribution in [-0.4, -0.2) is 24.4 Å². The van der Waals surface area contributed by atoms with Crippen LogP contribution in [0.5, 0.6) is 0 Å². The van der Waals surface area contributed by atoms with Crippen LogP contribution in [0, 0.1) is 0 Å². The lowest BCUT2D eigenvalue weighted by molar-refractivity contribution is -0.125. The lowest BCUT2D eigenvalue weighted by atomic mass is 10.2. The number of hydrogen-bond acceptors (Lipinski definition) is 3. The van der Waals surface area contributed by atoms with Gasteiger partial charge in [-0.1, -0.05) is 19.8 Å². The van der Waals surface area contributed by atoms with Crippen molar-refractivity contribution in [2.45, 2.75) is 38.6 Å². The van der Waals surface area contributed by atoms with Gasteiger partial charge in [-0.05, 0) is 13.0 Å². The number of carbonyl (C=O) groups is 2. The first-order valence-electron chi connectivity index (χ1n) is 4.81. The van der Waals surface area contributed by atoms with Gasteiger partial charge in [-0.25, -0.2) is 0 Å². The van der Waals surface area contributed by atoms with E-state index in [1.165, 1.54) is 0 Å². The molecule has 0 aromatic rings. The number of hydrogen-bond donors (Lipinski definition) is 2. The van der Waals surface area contributed by atoms with Crippen LogP contribution in [0.4, 0.5) is 0 Å². The third-order valence-corrected chi connectivity index (χ3v) is 2.14. The van der Waals surface area contributed by atoms with Gasteiger partial charge in [0.15, 0.2) is 0 Å². The summed E-state index contributed by atoms with van der Waals surface area (Å²) in [7, 11) is 0. The van der Waals surface area contributed by atoms with Gasteiger partial charge < -0.3 is 5.32 Å². The molecular weight excluding hydrogens is 168 g/mol. The maximum absolute atomic E-state index is 11.1. The molecule has 0 spiro atoms. The minimum atomic E-state index is -0.288. The monoisotopic (exact) mass is 184 g/mol. The van der Waals surface area contributed by atoms with Gasteiger partial charge in [0.1, 0.15) is 0 Å². The second kappa shape index (κ2) is 4.97. The highest BCUT2D eigenvalue weighted by atomic mass is 16.2. The SMILES string of the molecule is CCCCCNC1CC(=O)NC1=O. The van der Waals surface area contributed by atoms with Crippen LogP contribution in [0.15, 0.2) is 0 Å². The molecule has 1 rings (SSSR count). The van der Waals surface area contributed by atoms with E-state index >= 15 is 0 Å². The maximum atomic E-state index is 11.1. The Kier molecular flexibility index (Phi) is 3.89. The number of rotatable bonds is 5. The molecule has 1 saturated heterocycles. The summed E-state index contributed by atoms with van der Waals surface area (Å²) in [5, 5.41) is 5.33. The lowest BCUT2D eigenvalue weighted by Crippen LogP contribution is -2.36. The summed E-state index contributed by atoms with van der Waals surface area (Å²) in [4.78, 5) is 21.8. The predicted molar refractivity (Wildman–Crippen MR) is 49.1 cm³/mol. The Morgan fingerprint density at radius 3 is 2.77 bits per heavy atom. The largest absolute Gasteiger partial charge is 0.305 e. The van der Waals surface area contributed by atoms with E-state index in [4.69, 9.17) is 0 Å². The van der Waals surface area contributed by atoms with E-state index in [-0.39, 0.29) is 17.9 Å². The standard InChI is InChI=1S/C9H16N2O2/c1-2-3-4-5-10-7-6-8(12)11-9(7)13/h7,10H,2-6H2,1H3,(H,11,12,13). The highest BCUT2D eigenvalue weighted by Crippen LogP contribution is 2.01. The molecule has 1 unspecified atom stereocenters. The molecular formula is C9H16N2O2. The van der Waals surface area contributed by atoms with Crippen molar-refractivity contribution in [3.05, 3.63) is 0 Å². The van der Waals surface area contributed by atoms with Crippen molar-refractivity contribution in [1.82, 2.24) is 10.6 Å². The van der Waals surface area contributed by atoms with Gasteiger partial charge in [-0.2, -0.15) is 0 Å². The fourth-order valence-electron chi connectivity index (χ4n) is 1.37. The molecule has 1 aliphatic rings. The molecule has 0 radical (unpaired) electrons. The van der Waals surface area contributed by atoms with Crippen LogP contribution in [-0.2, 0) is 9.59 Å². The topological polar surface area (TPSA) is 58.2 Å². The average Bonchev–Trinajstić information content (AvgIpc) is 2.39. The van der Waals surface area contributed by atoms with Gasteiger partial charge in [0.2, 0.25) is 11.8 Å². The van der Waals surface area contributed by atoms with E-state index in [0.29, 0.717) is 6.42 Å². The number of amides is 2. The van der Waals surface area contributed by atoms with Gasteiger partial charge in [-0.15, -0.1) is 0 Å². The molecule has 4 nitrogen and oxygen atoms in total. The van der Waals surface area contributed by atoms with Gasteiger partial charge in [0, 0.05) is 0 Å². The van der Waals surface area contributed by atoms with Crippen LogP contribution in [0.3, 0.4) is 0 Å². The zero-order chi connectivity index (χ0) is 9.68. The average molecular weight is 184 g/mol. The Hall–Kier alpha value is -0.900. The third kappa shape index (κ3) is 3.14. The molecule has 1 fully saturated rings. The minimum Gasteiger partial charge on any atom is -0.305 e. The van der Waals surface area contributed by atoms with Crippen LogP contribution in [0.25, 0.3) is 0 Å². The summed E-state index contributed by atoms with van der Waals surface area (Å²) >= 11 is 0. The number of carbonyl (C=O) groups excluding carboxylic acids is 2. The summed E-state index contributed by atoms with van der Waals surface area (Å²) < 4.78 is 0. The van der Waals surface area contributed by atoms with Crippen LogP contribution < -0.4 is 10.6 Å². The van der Waals surface area contributed by atoms with E-state index in [0.717, 1.165) is 25.8 Å². The molecule has 0 aromatic heterocycles.